The first-order chi connectivity index (χ1) is 16.2. The van der Waals surface area contributed by atoms with Gasteiger partial charge in [-0.3, -0.25) is 4.98 Å². The van der Waals surface area contributed by atoms with Gasteiger partial charge in [0.25, 0.3) is 0 Å². The van der Waals surface area contributed by atoms with Gasteiger partial charge in [-0.25, -0.2) is 22.8 Å². The zero-order chi connectivity index (χ0) is 24.3. The van der Waals surface area contributed by atoms with Crippen LogP contribution in [0.4, 0.5) is 22.0 Å². The van der Waals surface area contributed by atoms with Gasteiger partial charge in [0.15, 0.2) is 5.60 Å². The molecule has 0 amide bonds. The molecular formula is C22H13F5N6O. The molecule has 0 saturated heterocycles. The zero-order valence-electron chi connectivity index (χ0n) is 17.0. The molecule has 0 aliphatic rings. The Morgan fingerprint density at radius 3 is 2.26 bits per heavy atom. The summed E-state index contributed by atoms with van der Waals surface area (Å²) in [5.41, 5.74) is -4.69. The minimum atomic E-state index is -4.23. The molecular weight excluding hydrogens is 459 g/mol. The van der Waals surface area contributed by atoms with Crippen molar-refractivity contribution in [1.82, 2.24) is 30.2 Å². The highest BCUT2D eigenvalue weighted by molar-refractivity contribution is 5.39. The summed E-state index contributed by atoms with van der Waals surface area (Å²) in [6.07, 6.45) is 2.57. The van der Waals surface area contributed by atoms with Crippen LogP contribution in [0.25, 0.3) is 0 Å². The first-order valence-corrected chi connectivity index (χ1v) is 9.56. The fraction of sp³-hybridized carbons (Fsp3) is 0.136. The van der Waals surface area contributed by atoms with Gasteiger partial charge < -0.3 is 5.11 Å². The molecule has 1 N–H and O–H groups in total. The lowest BCUT2D eigenvalue weighted by Gasteiger charge is -2.35. The third-order valence-corrected chi connectivity index (χ3v) is 4.83. The van der Waals surface area contributed by atoms with Crippen LogP contribution in [-0.2, 0) is 18.1 Å². The summed E-state index contributed by atoms with van der Waals surface area (Å²) in [6, 6.07) is 7.08. The predicted octanol–water partition coefficient (Wildman–Crippen LogP) is 2.96. The number of hydrogen-bond donors (Lipinski definition) is 1. The van der Waals surface area contributed by atoms with Gasteiger partial charge in [-0.15, -0.1) is 5.10 Å². The van der Waals surface area contributed by atoms with Crippen molar-refractivity contribution in [3.63, 3.8) is 0 Å². The molecule has 0 radical (unpaired) electrons. The first-order valence-electron chi connectivity index (χ1n) is 9.56. The normalized spacial score (nSPS) is 13.1. The van der Waals surface area contributed by atoms with Crippen LogP contribution in [0.15, 0.2) is 61.2 Å². The Morgan fingerprint density at radius 2 is 1.65 bits per heavy atom. The van der Waals surface area contributed by atoms with Crippen molar-refractivity contribution in [1.29, 1.82) is 0 Å². The lowest BCUT2D eigenvalue weighted by molar-refractivity contribution is -0.208. The highest BCUT2D eigenvalue weighted by Crippen LogP contribution is 2.46. The summed E-state index contributed by atoms with van der Waals surface area (Å²) in [7, 11) is 0. The Bertz CT molecular complexity index is 1350. The van der Waals surface area contributed by atoms with Gasteiger partial charge in [-0.2, -0.15) is 8.78 Å². The molecule has 0 aliphatic carbocycles. The first kappa shape index (κ1) is 22.9. The van der Waals surface area contributed by atoms with E-state index in [0.717, 1.165) is 23.3 Å². The lowest BCUT2D eigenvalue weighted by atomic mass is 9.85. The fourth-order valence-corrected chi connectivity index (χ4v) is 3.10. The number of halogens is 5. The van der Waals surface area contributed by atoms with Gasteiger partial charge in [0.05, 0.1) is 18.9 Å². The number of hydrogen-bond acceptors (Lipinski definition) is 6. The standard InChI is InChI=1S/C22H13F5N6O/c23-15-4-1-14(2-5-15)3-7-17-10-29-20(11-28-17)22(26,27)21(34,12-33-13-30-31-32-33)18-8-6-16(24)9-19(18)25/h1-2,4-6,8-11,13,34H,12H2. The number of aromatic nitrogens is 6. The molecule has 1 unspecified atom stereocenters. The Labute approximate surface area is 188 Å². The second-order valence-corrected chi connectivity index (χ2v) is 7.11. The monoisotopic (exact) mass is 472 g/mol. The smallest absolute Gasteiger partial charge is 0.325 e. The van der Waals surface area contributed by atoms with E-state index in [1.807, 2.05) is 0 Å². The summed E-state index contributed by atoms with van der Waals surface area (Å²) < 4.78 is 72.9. The molecule has 2 aromatic carbocycles. The average Bonchev–Trinajstić information content (AvgIpc) is 3.31. The molecule has 0 fully saturated rings. The van der Waals surface area contributed by atoms with E-state index >= 15 is 8.78 Å². The van der Waals surface area contributed by atoms with Crippen molar-refractivity contribution < 1.29 is 27.1 Å². The van der Waals surface area contributed by atoms with Crippen LogP contribution in [0, 0.1) is 29.3 Å². The van der Waals surface area contributed by atoms with E-state index in [0.29, 0.717) is 23.9 Å². The minimum Gasteiger partial charge on any atom is -0.377 e. The van der Waals surface area contributed by atoms with Gasteiger partial charge in [-0.1, -0.05) is 5.92 Å². The lowest BCUT2D eigenvalue weighted by Crippen LogP contribution is -2.48. The zero-order valence-corrected chi connectivity index (χ0v) is 17.0. The van der Waals surface area contributed by atoms with E-state index < -0.39 is 46.8 Å². The molecule has 12 heteroatoms. The number of alkyl halides is 2. The molecule has 7 nitrogen and oxygen atoms in total. The van der Waals surface area contributed by atoms with Gasteiger partial charge in [0.1, 0.15) is 35.2 Å². The Morgan fingerprint density at radius 1 is 0.912 bits per heavy atom. The van der Waals surface area contributed by atoms with Crippen LogP contribution in [0.2, 0.25) is 0 Å². The third-order valence-electron chi connectivity index (χ3n) is 4.83. The summed E-state index contributed by atoms with van der Waals surface area (Å²) >= 11 is 0. The van der Waals surface area contributed by atoms with Crippen LogP contribution in [0.5, 0.6) is 0 Å². The van der Waals surface area contributed by atoms with E-state index in [4.69, 9.17) is 0 Å². The molecule has 4 aromatic rings. The van der Waals surface area contributed by atoms with Gasteiger partial charge >= 0.3 is 5.92 Å². The van der Waals surface area contributed by atoms with Crippen LogP contribution < -0.4 is 0 Å². The third kappa shape index (κ3) is 4.46. The summed E-state index contributed by atoms with van der Waals surface area (Å²) in [6.45, 7) is -0.983. The second kappa shape index (κ2) is 8.95. The van der Waals surface area contributed by atoms with Crippen molar-refractivity contribution in [2.45, 2.75) is 18.1 Å². The highest BCUT2D eigenvalue weighted by Gasteiger charge is 2.58. The van der Waals surface area contributed by atoms with Crippen molar-refractivity contribution in [3.8, 4) is 11.8 Å². The topological polar surface area (TPSA) is 89.6 Å². The van der Waals surface area contributed by atoms with E-state index in [1.54, 1.807) is 0 Å². The minimum absolute atomic E-state index is 0.0147. The van der Waals surface area contributed by atoms with Crippen molar-refractivity contribution in [2.75, 3.05) is 0 Å². The highest BCUT2D eigenvalue weighted by atomic mass is 19.3. The second-order valence-electron chi connectivity index (χ2n) is 7.11. The largest absolute Gasteiger partial charge is 0.377 e. The Balaban J connectivity index is 1.71. The predicted molar refractivity (Wildman–Crippen MR) is 106 cm³/mol. The molecule has 0 spiro atoms. The summed E-state index contributed by atoms with van der Waals surface area (Å²) in [5.74, 6) is -1.81. The van der Waals surface area contributed by atoms with Crippen LogP contribution in [0.3, 0.4) is 0 Å². The molecule has 0 bridgehead atoms. The van der Waals surface area contributed by atoms with E-state index in [-0.39, 0.29) is 5.69 Å². The molecule has 34 heavy (non-hydrogen) atoms. The molecule has 172 valence electrons. The molecule has 0 aliphatic heterocycles. The maximum atomic E-state index is 15.6. The van der Waals surface area contributed by atoms with Crippen molar-refractivity contribution in [2.24, 2.45) is 0 Å². The quantitative estimate of drug-likeness (QED) is 0.355. The number of aliphatic hydroxyl groups is 1. The fourth-order valence-electron chi connectivity index (χ4n) is 3.10. The van der Waals surface area contributed by atoms with E-state index in [9.17, 15) is 18.3 Å². The number of nitrogens with zero attached hydrogens (tertiary/aromatic N) is 6. The SMILES string of the molecule is OC(Cn1cnnn1)(c1ccc(F)cc1F)C(F)(F)c1cnc(C#Cc2ccc(F)cc2)cn1. The van der Waals surface area contributed by atoms with Gasteiger partial charge in [0, 0.05) is 17.2 Å². The van der Waals surface area contributed by atoms with Gasteiger partial charge in [-0.05, 0) is 52.7 Å². The van der Waals surface area contributed by atoms with Crippen molar-refractivity contribution in [3.05, 3.63) is 101 Å². The Hall–Kier alpha value is -4.24. The summed E-state index contributed by atoms with van der Waals surface area (Å²) in [5, 5.41) is 21.2. The summed E-state index contributed by atoms with van der Waals surface area (Å²) in [4.78, 5) is 7.47. The molecule has 2 heterocycles. The maximum absolute atomic E-state index is 15.6. The number of tetrazole rings is 1. The maximum Gasteiger partial charge on any atom is 0.325 e. The average molecular weight is 472 g/mol. The van der Waals surface area contributed by atoms with Crippen LogP contribution in [0.1, 0.15) is 22.5 Å². The van der Waals surface area contributed by atoms with E-state index in [2.05, 4.69) is 37.3 Å². The number of rotatable bonds is 5. The molecule has 1 atom stereocenters. The van der Waals surface area contributed by atoms with E-state index in [1.165, 1.54) is 24.3 Å². The van der Waals surface area contributed by atoms with Crippen LogP contribution >= 0.6 is 0 Å². The Kier molecular flexibility index (Phi) is 6.04. The van der Waals surface area contributed by atoms with Crippen molar-refractivity contribution >= 4 is 0 Å². The number of benzene rings is 2. The van der Waals surface area contributed by atoms with Crippen LogP contribution in [-0.4, -0.2) is 35.3 Å². The van der Waals surface area contributed by atoms with Gasteiger partial charge in [0.2, 0.25) is 0 Å². The molecule has 0 saturated carbocycles. The molecule has 2 aromatic heterocycles. The molecule has 4 rings (SSSR count).